The molecule has 2 N–H and O–H groups in total. The molecule has 0 bridgehead atoms. The number of carbonyl (C=O) groups is 2. The second-order valence-corrected chi connectivity index (χ2v) is 6.10. The first-order valence-electron chi connectivity index (χ1n) is 8.87. The fourth-order valence-electron chi connectivity index (χ4n) is 2.45. The Hall–Kier alpha value is -4.00. The molecule has 29 heavy (non-hydrogen) atoms. The Kier molecular flexibility index (Phi) is 6.67. The molecule has 1 heterocycles. The average molecular weight is 392 g/mol. The third kappa shape index (κ3) is 6.28. The van der Waals surface area contributed by atoms with Gasteiger partial charge in [-0.15, -0.1) is 0 Å². The molecule has 7 heteroatoms. The topological polar surface area (TPSA) is 88.1 Å². The summed E-state index contributed by atoms with van der Waals surface area (Å²) in [5, 5.41) is 12.3. The van der Waals surface area contributed by atoms with E-state index < -0.39 is 12.2 Å². The van der Waals surface area contributed by atoms with Gasteiger partial charge in [0.25, 0.3) is 0 Å². The maximum absolute atomic E-state index is 12.3. The van der Waals surface area contributed by atoms with Crippen molar-refractivity contribution in [1.82, 2.24) is 10.2 Å². The van der Waals surface area contributed by atoms with Gasteiger partial charge in [0.2, 0.25) is 0 Å². The van der Waals surface area contributed by atoms with E-state index >= 15 is 0 Å². The molecule has 148 valence electrons. The highest BCUT2D eigenvalue weighted by molar-refractivity contribution is 5.73. The van der Waals surface area contributed by atoms with Crippen molar-refractivity contribution in [3.8, 4) is 0 Å². The lowest BCUT2D eigenvalue weighted by Crippen LogP contribution is -2.26. The molecule has 0 fully saturated rings. The van der Waals surface area contributed by atoms with Gasteiger partial charge in [0.15, 0.2) is 0 Å². The first-order valence-corrected chi connectivity index (χ1v) is 8.87. The lowest BCUT2D eigenvalue weighted by Gasteiger charge is -2.15. The van der Waals surface area contributed by atoms with Gasteiger partial charge in [0, 0.05) is 18.5 Å². The summed E-state index contributed by atoms with van der Waals surface area (Å²) in [6, 6.07) is 18.5. The van der Waals surface area contributed by atoms with Crippen LogP contribution in [0.4, 0.5) is 9.59 Å². The first-order chi connectivity index (χ1) is 14.1. The summed E-state index contributed by atoms with van der Waals surface area (Å²) in [5.41, 5.74) is 1.85. The SMILES string of the molecule is O=C(NC1=CN(C(=O)OCc2ccccc2)C=CC(O)=C1)OCc1ccccc1. The number of carbonyl (C=O) groups excluding carboxylic acids is 2. The first kappa shape index (κ1) is 19.8. The van der Waals surface area contributed by atoms with Crippen LogP contribution in [-0.4, -0.2) is 22.2 Å². The average Bonchev–Trinajstić information content (AvgIpc) is 2.93. The fourth-order valence-corrected chi connectivity index (χ4v) is 2.45. The Labute approximate surface area is 168 Å². The molecule has 1 aliphatic heterocycles. The van der Waals surface area contributed by atoms with E-state index in [4.69, 9.17) is 9.47 Å². The molecule has 2 aromatic carbocycles. The Balaban J connectivity index is 1.59. The van der Waals surface area contributed by atoms with Crippen molar-refractivity contribution in [3.05, 3.63) is 108 Å². The van der Waals surface area contributed by atoms with E-state index in [1.807, 2.05) is 60.7 Å². The molecule has 0 spiro atoms. The largest absolute Gasteiger partial charge is 0.508 e. The highest BCUT2D eigenvalue weighted by atomic mass is 16.6. The number of rotatable bonds is 5. The van der Waals surface area contributed by atoms with Gasteiger partial charge in [-0.05, 0) is 17.2 Å². The summed E-state index contributed by atoms with van der Waals surface area (Å²) in [5.74, 6) is -0.141. The second-order valence-electron chi connectivity index (χ2n) is 6.10. The Morgan fingerprint density at radius 1 is 0.897 bits per heavy atom. The molecule has 2 aromatic rings. The Morgan fingerprint density at radius 2 is 1.48 bits per heavy atom. The lowest BCUT2D eigenvalue weighted by molar-refractivity contribution is 0.120. The maximum Gasteiger partial charge on any atom is 0.418 e. The molecule has 0 unspecified atom stereocenters. The third-order valence-corrected chi connectivity index (χ3v) is 3.86. The summed E-state index contributed by atoms with van der Waals surface area (Å²) in [6.45, 7) is 0.190. The van der Waals surface area contributed by atoms with Crippen molar-refractivity contribution in [1.29, 1.82) is 0 Å². The van der Waals surface area contributed by atoms with Gasteiger partial charge in [0.05, 0.1) is 5.70 Å². The van der Waals surface area contributed by atoms with Crippen LogP contribution >= 0.6 is 0 Å². The minimum absolute atomic E-state index is 0.0940. The number of ether oxygens (including phenoxy) is 2. The van der Waals surface area contributed by atoms with E-state index in [0.29, 0.717) is 0 Å². The van der Waals surface area contributed by atoms with Crippen LogP contribution in [0.2, 0.25) is 0 Å². The van der Waals surface area contributed by atoms with Crippen LogP contribution in [0.1, 0.15) is 11.1 Å². The highest BCUT2D eigenvalue weighted by Crippen LogP contribution is 2.12. The van der Waals surface area contributed by atoms with Gasteiger partial charge < -0.3 is 14.6 Å². The molecule has 2 amide bonds. The van der Waals surface area contributed by atoms with Crippen LogP contribution in [0.3, 0.4) is 0 Å². The minimum Gasteiger partial charge on any atom is -0.508 e. The van der Waals surface area contributed by atoms with E-state index in [1.165, 1.54) is 24.6 Å². The number of nitrogens with zero attached hydrogens (tertiary/aromatic N) is 1. The predicted octanol–water partition coefficient (Wildman–Crippen LogP) is 4.36. The van der Waals surface area contributed by atoms with Gasteiger partial charge in [-0.25, -0.2) is 9.59 Å². The van der Waals surface area contributed by atoms with Crippen LogP contribution in [-0.2, 0) is 22.7 Å². The number of hydrogen-bond donors (Lipinski definition) is 2. The van der Waals surface area contributed by atoms with Crippen molar-refractivity contribution in [3.63, 3.8) is 0 Å². The van der Waals surface area contributed by atoms with E-state index in [9.17, 15) is 14.7 Å². The molecule has 1 aliphatic rings. The minimum atomic E-state index is -0.719. The number of aliphatic hydroxyl groups is 1. The van der Waals surface area contributed by atoms with Crippen molar-refractivity contribution >= 4 is 12.2 Å². The maximum atomic E-state index is 12.3. The smallest absolute Gasteiger partial charge is 0.418 e. The molecule has 0 aliphatic carbocycles. The monoisotopic (exact) mass is 392 g/mol. The van der Waals surface area contributed by atoms with Crippen LogP contribution in [0.5, 0.6) is 0 Å². The molecule has 7 nitrogen and oxygen atoms in total. The van der Waals surface area contributed by atoms with E-state index in [1.54, 1.807) is 0 Å². The summed E-state index contributed by atoms with van der Waals surface area (Å²) in [4.78, 5) is 25.5. The van der Waals surface area contributed by atoms with Gasteiger partial charge >= 0.3 is 12.2 Å². The molecule has 3 rings (SSSR count). The summed E-state index contributed by atoms with van der Waals surface area (Å²) in [7, 11) is 0. The van der Waals surface area contributed by atoms with Crippen LogP contribution in [0.15, 0.2) is 96.7 Å². The highest BCUT2D eigenvalue weighted by Gasteiger charge is 2.15. The Bertz CT molecular complexity index is 936. The van der Waals surface area contributed by atoms with Crippen LogP contribution < -0.4 is 5.32 Å². The molecule has 0 saturated carbocycles. The van der Waals surface area contributed by atoms with Crippen molar-refractivity contribution < 1.29 is 24.2 Å². The summed E-state index contributed by atoms with van der Waals surface area (Å²) >= 11 is 0. The zero-order chi connectivity index (χ0) is 20.5. The Morgan fingerprint density at radius 3 is 2.10 bits per heavy atom. The lowest BCUT2D eigenvalue weighted by atomic mass is 10.2. The van der Waals surface area contributed by atoms with Crippen molar-refractivity contribution in [2.24, 2.45) is 0 Å². The molecular formula is C22H20N2O5. The van der Waals surface area contributed by atoms with Gasteiger partial charge in [0.1, 0.15) is 19.0 Å². The predicted molar refractivity (Wildman–Crippen MR) is 106 cm³/mol. The van der Waals surface area contributed by atoms with Crippen molar-refractivity contribution in [2.45, 2.75) is 13.2 Å². The third-order valence-electron chi connectivity index (χ3n) is 3.86. The molecule has 0 atom stereocenters. The molecule has 0 saturated heterocycles. The molecular weight excluding hydrogens is 372 g/mol. The molecule has 0 aromatic heterocycles. The number of hydrogen-bond acceptors (Lipinski definition) is 5. The van der Waals surface area contributed by atoms with E-state index in [2.05, 4.69) is 5.32 Å². The second kappa shape index (κ2) is 9.80. The summed E-state index contributed by atoms with van der Waals surface area (Å²) < 4.78 is 10.4. The van der Waals surface area contributed by atoms with Gasteiger partial charge in [-0.3, -0.25) is 10.2 Å². The number of nitrogens with one attached hydrogen (secondary N) is 1. The number of benzene rings is 2. The summed E-state index contributed by atoms with van der Waals surface area (Å²) in [6.07, 6.45) is 3.89. The number of alkyl carbamates (subject to hydrolysis) is 1. The number of amides is 2. The standard InChI is InChI=1S/C22H20N2O5/c25-20-11-12-24(22(27)29-16-18-9-5-2-6-10-18)14-19(13-20)23-21(26)28-15-17-7-3-1-4-8-17/h1-14,25H,15-16H2,(H,23,26). The molecule has 0 radical (unpaired) electrons. The van der Waals surface area contributed by atoms with Gasteiger partial charge in [-0.1, -0.05) is 60.7 Å². The fraction of sp³-hybridized carbons (Fsp3) is 0.0909. The zero-order valence-electron chi connectivity index (χ0n) is 15.5. The quantitative estimate of drug-likeness (QED) is 0.789. The van der Waals surface area contributed by atoms with Gasteiger partial charge in [-0.2, -0.15) is 0 Å². The van der Waals surface area contributed by atoms with E-state index in [0.717, 1.165) is 16.0 Å². The van der Waals surface area contributed by atoms with Crippen LogP contribution in [0.25, 0.3) is 0 Å². The van der Waals surface area contributed by atoms with E-state index in [-0.39, 0.29) is 24.7 Å². The number of aliphatic hydroxyl groups excluding tert-OH is 1. The van der Waals surface area contributed by atoms with Crippen molar-refractivity contribution in [2.75, 3.05) is 0 Å². The van der Waals surface area contributed by atoms with Crippen LogP contribution in [0, 0.1) is 0 Å². The normalized spacial score (nSPS) is 13.0. The number of allylic oxidation sites excluding steroid dienone is 2. The zero-order valence-corrected chi connectivity index (χ0v) is 15.5.